The van der Waals surface area contributed by atoms with Crippen molar-refractivity contribution < 1.29 is 14.3 Å². The van der Waals surface area contributed by atoms with E-state index in [0.717, 1.165) is 44.9 Å². The van der Waals surface area contributed by atoms with Crippen molar-refractivity contribution in [2.75, 3.05) is 53.6 Å². The second-order valence-electron chi connectivity index (χ2n) is 7.09. The number of benzene rings is 1. The van der Waals surface area contributed by atoms with Crippen LogP contribution in [-0.2, 0) is 16.0 Å². The van der Waals surface area contributed by atoms with Crippen LogP contribution < -0.4 is 4.74 Å². The van der Waals surface area contributed by atoms with Crippen molar-refractivity contribution in [2.45, 2.75) is 32.6 Å². The number of amides is 1. The zero-order valence-corrected chi connectivity index (χ0v) is 16.6. The molecule has 5 heteroatoms. The van der Waals surface area contributed by atoms with Gasteiger partial charge in [-0.05, 0) is 56.3 Å². The van der Waals surface area contributed by atoms with Crippen LogP contribution in [0.5, 0.6) is 5.75 Å². The molecule has 1 atom stereocenters. The lowest BCUT2D eigenvalue weighted by atomic mass is 9.96. The summed E-state index contributed by atoms with van der Waals surface area (Å²) in [7, 11) is 3.35. The Morgan fingerprint density at radius 1 is 1.35 bits per heavy atom. The van der Waals surface area contributed by atoms with Gasteiger partial charge in [0.05, 0.1) is 20.1 Å². The molecule has 2 rings (SSSR count). The number of carbonyl (C=O) groups excluding carboxylic acids is 1. The first-order valence-corrected chi connectivity index (χ1v) is 9.78. The largest absolute Gasteiger partial charge is 0.497 e. The standard InChI is InChI=1S/C21H34N2O3/c1-4-23(21(24)11-14-25-2)17-19-8-6-12-22(16-19)13-10-18-7-5-9-20(15-18)26-3/h5,7,9,15,19H,4,6,8,10-14,16-17H2,1-3H3. The first-order valence-electron chi connectivity index (χ1n) is 9.78. The Morgan fingerprint density at radius 3 is 2.92 bits per heavy atom. The Bertz CT molecular complexity index is 550. The van der Waals surface area contributed by atoms with Crippen LogP contribution in [0.3, 0.4) is 0 Å². The van der Waals surface area contributed by atoms with Crippen molar-refractivity contribution in [3.05, 3.63) is 29.8 Å². The number of piperidine rings is 1. The fourth-order valence-electron chi connectivity index (χ4n) is 3.69. The molecule has 0 N–H and O–H groups in total. The van der Waals surface area contributed by atoms with E-state index in [2.05, 4.69) is 30.0 Å². The van der Waals surface area contributed by atoms with E-state index < -0.39 is 0 Å². The molecule has 26 heavy (non-hydrogen) atoms. The first-order chi connectivity index (χ1) is 12.7. The van der Waals surface area contributed by atoms with Crippen LogP contribution in [0.2, 0.25) is 0 Å². The third-order valence-electron chi connectivity index (χ3n) is 5.19. The molecule has 0 saturated carbocycles. The summed E-state index contributed by atoms with van der Waals surface area (Å²) in [5, 5.41) is 0. The molecule has 5 nitrogen and oxygen atoms in total. The van der Waals surface area contributed by atoms with Gasteiger partial charge in [0.1, 0.15) is 5.75 Å². The highest BCUT2D eigenvalue weighted by Gasteiger charge is 2.23. The molecule has 1 amide bonds. The van der Waals surface area contributed by atoms with Gasteiger partial charge in [-0.3, -0.25) is 4.79 Å². The Labute approximate surface area is 158 Å². The van der Waals surface area contributed by atoms with Gasteiger partial charge in [0.25, 0.3) is 0 Å². The van der Waals surface area contributed by atoms with Crippen molar-refractivity contribution in [3.8, 4) is 5.75 Å². The van der Waals surface area contributed by atoms with E-state index in [1.807, 2.05) is 11.0 Å². The Balaban J connectivity index is 1.81. The van der Waals surface area contributed by atoms with Gasteiger partial charge in [-0.2, -0.15) is 0 Å². The SMILES string of the molecule is CCN(CC1CCCN(CCc2cccc(OC)c2)C1)C(=O)CCOC. The van der Waals surface area contributed by atoms with Gasteiger partial charge in [0, 0.05) is 33.3 Å². The van der Waals surface area contributed by atoms with Gasteiger partial charge < -0.3 is 19.3 Å². The van der Waals surface area contributed by atoms with Crippen molar-refractivity contribution in [2.24, 2.45) is 5.92 Å². The van der Waals surface area contributed by atoms with Crippen LogP contribution in [0.25, 0.3) is 0 Å². The predicted octanol–water partition coefficient (Wildman–Crippen LogP) is 2.83. The summed E-state index contributed by atoms with van der Waals surface area (Å²) < 4.78 is 10.4. The number of nitrogens with zero attached hydrogens (tertiary/aromatic N) is 2. The second kappa shape index (κ2) is 11.2. The third-order valence-corrected chi connectivity index (χ3v) is 5.19. The van der Waals surface area contributed by atoms with E-state index in [9.17, 15) is 4.79 Å². The summed E-state index contributed by atoms with van der Waals surface area (Å²) >= 11 is 0. The molecule has 1 heterocycles. The van der Waals surface area contributed by atoms with Crippen molar-refractivity contribution in [1.29, 1.82) is 0 Å². The lowest BCUT2D eigenvalue weighted by molar-refractivity contribution is -0.132. The number of ether oxygens (including phenoxy) is 2. The predicted molar refractivity (Wildman–Crippen MR) is 105 cm³/mol. The van der Waals surface area contributed by atoms with Gasteiger partial charge >= 0.3 is 0 Å². The van der Waals surface area contributed by atoms with Crippen LogP contribution in [0.15, 0.2) is 24.3 Å². The molecule has 0 aliphatic carbocycles. The van der Waals surface area contributed by atoms with Crippen LogP contribution in [0.1, 0.15) is 31.7 Å². The molecule has 0 aromatic heterocycles. The van der Waals surface area contributed by atoms with E-state index in [1.165, 1.54) is 18.4 Å². The van der Waals surface area contributed by atoms with Crippen LogP contribution >= 0.6 is 0 Å². The van der Waals surface area contributed by atoms with Gasteiger partial charge in [0.15, 0.2) is 0 Å². The molecule has 1 aliphatic rings. The van der Waals surface area contributed by atoms with E-state index in [0.29, 0.717) is 18.9 Å². The molecule has 1 aromatic carbocycles. The summed E-state index contributed by atoms with van der Waals surface area (Å²) in [5.41, 5.74) is 1.32. The van der Waals surface area contributed by atoms with Crippen LogP contribution in [-0.4, -0.2) is 69.3 Å². The minimum Gasteiger partial charge on any atom is -0.497 e. The molecule has 1 fully saturated rings. The summed E-state index contributed by atoms with van der Waals surface area (Å²) in [5.74, 6) is 1.70. The number of hydrogen-bond acceptors (Lipinski definition) is 4. The Hall–Kier alpha value is -1.59. The number of likely N-dealkylation sites (tertiary alicyclic amines) is 1. The molecule has 1 unspecified atom stereocenters. The molecule has 1 saturated heterocycles. The molecule has 0 spiro atoms. The average Bonchev–Trinajstić information content (AvgIpc) is 2.69. The monoisotopic (exact) mass is 362 g/mol. The molecular formula is C21H34N2O3. The minimum absolute atomic E-state index is 0.211. The highest BCUT2D eigenvalue weighted by atomic mass is 16.5. The zero-order chi connectivity index (χ0) is 18.8. The second-order valence-corrected chi connectivity index (χ2v) is 7.09. The highest BCUT2D eigenvalue weighted by molar-refractivity contribution is 5.76. The van der Waals surface area contributed by atoms with Crippen molar-refractivity contribution >= 4 is 5.91 Å². The van der Waals surface area contributed by atoms with Gasteiger partial charge in [0.2, 0.25) is 5.91 Å². The minimum atomic E-state index is 0.211. The highest BCUT2D eigenvalue weighted by Crippen LogP contribution is 2.19. The lowest BCUT2D eigenvalue weighted by Gasteiger charge is -2.35. The fourth-order valence-corrected chi connectivity index (χ4v) is 3.69. The maximum Gasteiger partial charge on any atom is 0.224 e. The summed E-state index contributed by atoms with van der Waals surface area (Å²) in [4.78, 5) is 16.8. The van der Waals surface area contributed by atoms with Crippen LogP contribution in [0.4, 0.5) is 0 Å². The lowest BCUT2D eigenvalue weighted by Crippen LogP contribution is -2.43. The Morgan fingerprint density at radius 2 is 2.19 bits per heavy atom. The van der Waals surface area contributed by atoms with Crippen molar-refractivity contribution in [1.82, 2.24) is 9.80 Å². The normalized spacial score (nSPS) is 17.9. The average molecular weight is 363 g/mol. The van der Waals surface area contributed by atoms with Gasteiger partial charge in [-0.25, -0.2) is 0 Å². The molecule has 146 valence electrons. The number of hydrogen-bond donors (Lipinski definition) is 0. The number of carbonyl (C=O) groups is 1. The molecule has 0 bridgehead atoms. The maximum absolute atomic E-state index is 12.3. The quantitative estimate of drug-likeness (QED) is 0.642. The summed E-state index contributed by atoms with van der Waals surface area (Å²) in [6, 6.07) is 8.32. The smallest absolute Gasteiger partial charge is 0.224 e. The topological polar surface area (TPSA) is 42.0 Å². The number of methoxy groups -OCH3 is 2. The number of rotatable bonds is 10. The third kappa shape index (κ3) is 6.61. The first kappa shape index (κ1) is 20.7. The molecule has 1 aliphatic heterocycles. The summed E-state index contributed by atoms with van der Waals surface area (Å²) in [6.45, 7) is 7.52. The maximum atomic E-state index is 12.3. The molecule has 1 aromatic rings. The molecular weight excluding hydrogens is 328 g/mol. The van der Waals surface area contributed by atoms with Gasteiger partial charge in [-0.1, -0.05) is 12.1 Å². The Kier molecular flexibility index (Phi) is 8.92. The summed E-state index contributed by atoms with van der Waals surface area (Å²) in [6.07, 6.45) is 3.95. The molecule has 0 radical (unpaired) electrons. The zero-order valence-electron chi connectivity index (χ0n) is 16.6. The van der Waals surface area contributed by atoms with Crippen LogP contribution in [0, 0.1) is 5.92 Å². The van der Waals surface area contributed by atoms with E-state index in [-0.39, 0.29) is 5.91 Å². The van der Waals surface area contributed by atoms with Crippen molar-refractivity contribution in [3.63, 3.8) is 0 Å². The van der Waals surface area contributed by atoms with E-state index in [1.54, 1.807) is 14.2 Å². The fraction of sp³-hybridized carbons (Fsp3) is 0.667. The van der Waals surface area contributed by atoms with Gasteiger partial charge in [-0.15, -0.1) is 0 Å². The van der Waals surface area contributed by atoms with E-state index >= 15 is 0 Å². The van der Waals surface area contributed by atoms with E-state index in [4.69, 9.17) is 9.47 Å².